The highest BCUT2D eigenvalue weighted by molar-refractivity contribution is 5.89. The number of carbonyl (C=O) groups is 1. The molecule has 2 aromatic rings. The number of amides is 2. The van der Waals surface area contributed by atoms with Gasteiger partial charge in [-0.3, -0.25) is 4.68 Å². The number of urea groups is 1. The maximum absolute atomic E-state index is 11.8. The maximum Gasteiger partial charge on any atom is 0.319 e. The minimum Gasteiger partial charge on any atom is -0.391 e. The summed E-state index contributed by atoms with van der Waals surface area (Å²) in [7, 11) is 1.80. The summed E-state index contributed by atoms with van der Waals surface area (Å²) in [4.78, 5) is 16.0. The number of nitrogens with zero attached hydrogens (tertiary/aromatic N) is 3. The molecule has 1 unspecified atom stereocenters. The molecular weight excluding hydrogens is 282 g/mol. The molecule has 1 atom stereocenters. The van der Waals surface area contributed by atoms with E-state index in [-0.39, 0.29) is 12.6 Å². The van der Waals surface area contributed by atoms with Gasteiger partial charge in [-0.15, -0.1) is 0 Å². The third kappa shape index (κ3) is 4.56. The number of rotatable bonds is 6. The third-order valence-corrected chi connectivity index (χ3v) is 3.10. The van der Waals surface area contributed by atoms with Crippen molar-refractivity contribution in [2.45, 2.75) is 25.9 Å². The molecule has 7 nitrogen and oxygen atoms in total. The molecule has 0 saturated carbocycles. The normalized spacial score (nSPS) is 12.0. The first-order chi connectivity index (χ1) is 10.6. The van der Waals surface area contributed by atoms with Crippen molar-refractivity contribution in [2.75, 3.05) is 11.9 Å². The molecular formula is C15H21N5O2. The first kappa shape index (κ1) is 16.0. The summed E-state index contributed by atoms with van der Waals surface area (Å²) in [5.41, 5.74) is 1.47. The molecule has 7 heteroatoms. The van der Waals surface area contributed by atoms with Gasteiger partial charge in [-0.2, -0.15) is 5.10 Å². The second kappa shape index (κ2) is 7.56. The minimum absolute atomic E-state index is 0.237. The number of aromatic nitrogens is 3. The predicted molar refractivity (Wildman–Crippen MR) is 84.4 cm³/mol. The van der Waals surface area contributed by atoms with Crippen molar-refractivity contribution >= 4 is 11.7 Å². The average Bonchev–Trinajstić information content (AvgIpc) is 2.92. The Morgan fingerprint density at radius 1 is 1.45 bits per heavy atom. The summed E-state index contributed by atoms with van der Waals surface area (Å²) < 4.78 is 1.62. The van der Waals surface area contributed by atoms with E-state index in [1.807, 2.05) is 19.1 Å². The van der Waals surface area contributed by atoms with E-state index in [9.17, 15) is 9.90 Å². The Kier molecular flexibility index (Phi) is 5.48. The molecule has 0 aliphatic carbocycles. The number of hydrogen-bond acceptors (Lipinski definition) is 4. The molecule has 0 aliphatic heterocycles. The summed E-state index contributed by atoms with van der Waals surface area (Å²) in [6, 6.07) is 6.95. The van der Waals surface area contributed by atoms with Gasteiger partial charge in [0, 0.05) is 24.8 Å². The molecule has 22 heavy (non-hydrogen) atoms. The molecule has 0 bridgehead atoms. The van der Waals surface area contributed by atoms with Gasteiger partial charge in [-0.1, -0.05) is 25.5 Å². The largest absolute Gasteiger partial charge is 0.391 e. The molecule has 0 spiro atoms. The lowest BCUT2D eigenvalue weighted by molar-refractivity contribution is 0.162. The van der Waals surface area contributed by atoms with Crippen LogP contribution in [0.3, 0.4) is 0 Å². The lowest BCUT2D eigenvalue weighted by Gasteiger charge is -2.12. The van der Waals surface area contributed by atoms with Crippen LogP contribution in [-0.4, -0.2) is 38.6 Å². The fourth-order valence-electron chi connectivity index (χ4n) is 2.03. The van der Waals surface area contributed by atoms with E-state index in [2.05, 4.69) is 20.7 Å². The van der Waals surface area contributed by atoms with Gasteiger partial charge in [0.1, 0.15) is 6.33 Å². The zero-order valence-corrected chi connectivity index (χ0v) is 12.8. The molecule has 0 saturated heterocycles. The number of hydrogen-bond donors (Lipinski definition) is 3. The molecule has 0 radical (unpaired) electrons. The molecule has 1 aromatic carbocycles. The summed E-state index contributed by atoms with van der Waals surface area (Å²) in [6.45, 7) is 2.22. The van der Waals surface area contributed by atoms with Crippen molar-refractivity contribution < 1.29 is 9.90 Å². The van der Waals surface area contributed by atoms with Crippen LogP contribution in [0.5, 0.6) is 0 Å². The van der Waals surface area contributed by atoms with Crippen molar-refractivity contribution in [3.8, 4) is 11.4 Å². The number of aliphatic hydroxyl groups excluding tert-OH is 1. The van der Waals surface area contributed by atoms with Crippen LogP contribution in [0.2, 0.25) is 0 Å². The van der Waals surface area contributed by atoms with Crippen LogP contribution in [0, 0.1) is 0 Å². The van der Waals surface area contributed by atoms with Crippen LogP contribution in [0.25, 0.3) is 11.4 Å². The number of nitrogens with one attached hydrogen (secondary N) is 2. The van der Waals surface area contributed by atoms with Crippen LogP contribution in [0.15, 0.2) is 30.6 Å². The highest BCUT2D eigenvalue weighted by Crippen LogP contribution is 2.18. The van der Waals surface area contributed by atoms with E-state index in [1.54, 1.807) is 30.2 Å². The Morgan fingerprint density at radius 2 is 2.27 bits per heavy atom. The van der Waals surface area contributed by atoms with Crippen molar-refractivity contribution in [1.82, 2.24) is 20.1 Å². The number of benzene rings is 1. The van der Waals surface area contributed by atoms with Crippen molar-refractivity contribution in [3.63, 3.8) is 0 Å². The molecule has 0 fully saturated rings. The zero-order chi connectivity index (χ0) is 15.9. The number of aliphatic hydroxyl groups is 1. The number of aryl methyl sites for hydroxylation is 1. The second-order valence-electron chi connectivity index (χ2n) is 5.10. The highest BCUT2D eigenvalue weighted by atomic mass is 16.3. The lowest BCUT2D eigenvalue weighted by Crippen LogP contribution is -2.35. The number of carbonyl (C=O) groups excluding carboxylic acids is 1. The van der Waals surface area contributed by atoms with Gasteiger partial charge in [-0.05, 0) is 18.6 Å². The average molecular weight is 303 g/mol. The summed E-state index contributed by atoms with van der Waals surface area (Å²) in [5.74, 6) is 0.602. The highest BCUT2D eigenvalue weighted by Gasteiger charge is 2.08. The predicted octanol–water partition coefficient (Wildman–Crippen LogP) is 1.76. The van der Waals surface area contributed by atoms with E-state index in [1.165, 1.54) is 0 Å². The summed E-state index contributed by atoms with van der Waals surface area (Å²) in [6.07, 6.45) is 2.65. The smallest absolute Gasteiger partial charge is 0.319 e. The van der Waals surface area contributed by atoms with Gasteiger partial charge in [0.25, 0.3) is 0 Å². The Hall–Kier alpha value is -2.41. The topological polar surface area (TPSA) is 92.1 Å². The van der Waals surface area contributed by atoms with E-state index >= 15 is 0 Å². The van der Waals surface area contributed by atoms with E-state index in [0.717, 1.165) is 12.0 Å². The summed E-state index contributed by atoms with van der Waals surface area (Å²) >= 11 is 0. The van der Waals surface area contributed by atoms with Crippen LogP contribution in [0.4, 0.5) is 10.5 Å². The SMILES string of the molecule is CCCC(O)CNC(=O)Nc1cccc(-c2ncn(C)n2)c1. The quantitative estimate of drug-likeness (QED) is 0.758. The van der Waals surface area contributed by atoms with E-state index in [0.29, 0.717) is 17.9 Å². The standard InChI is InChI=1S/C15H21N5O2/c1-3-5-13(21)9-16-15(22)18-12-7-4-6-11(8-12)14-17-10-20(2)19-14/h4,6-8,10,13,21H,3,5,9H2,1-2H3,(H2,16,18,22). The van der Waals surface area contributed by atoms with Gasteiger partial charge < -0.3 is 15.7 Å². The first-order valence-electron chi connectivity index (χ1n) is 7.27. The zero-order valence-electron chi connectivity index (χ0n) is 12.8. The third-order valence-electron chi connectivity index (χ3n) is 3.10. The van der Waals surface area contributed by atoms with Crippen LogP contribution in [-0.2, 0) is 7.05 Å². The number of anilines is 1. The van der Waals surface area contributed by atoms with Crippen molar-refractivity contribution in [3.05, 3.63) is 30.6 Å². The molecule has 1 aromatic heterocycles. The fraction of sp³-hybridized carbons (Fsp3) is 0.400. The van der Waals surface area contributed by atoms with Crippen LogP contribution < -0.4 is 10.6 Å². The molecule has 3 N–H and O–H groups in total. The van der Waals surface area contributed by atoms with Gasteiger partial charge in [0.15, 0.2) is 5.82 Å². The van der Waals surface area contributed by atoms with E-state index in [4.69, 9.17) is 0 Å². The Morgan fingerprint density at radius 3 is 2.95 bits per heavy atom. The lowest BCUT2D eigenvalue weighted by atomic mass is 10.2. The fourth-order valence-corrected chi connectivity index (χ4v) is 2.03. The Balaban J connectivity index is 1.94. The monoisotopic (exact) mass is 303 g/mol. The molecule has 118 valence electrons. The van der Waals surface area contributed by atoms with Gasteiger partial charge >= 0.3 is 6.03 Å². The van der Waals surface area contributed by atoms with Crippen LogP contribution in [0.1, 0.15) is 19.8 Å². The molecule has 1 heterocycles. The Labute approximate surface area is 129 Å². The van der Waals surface area contributed by atoms with Gasteiger partial charge in [0.05, 0.1) is 6.10 Å². The van der Waals surface area contributed by atoms with Gasteiger partial charge in [-0.25, -0.2) is 9.78 Å². The van der Waals surface area contributed by atoms with E-state index < -0.39 is 6.10 Å². The second-order valence-corrected chi connectivity index (χ2v) is 5.10. The first-order valence-corrected chi connectivity index (χ1v) is 7.27. The van der Waals surface area contributed by atoms with Gasteiger partial charge in [0.2, 0.25) is 0 Å². The minimum atomic E-state index is -0.514. The van der Waals surface area contributed by atoms with Crippen molar-refractivity contribution in [1.29, 1.82) is 0 Å². The Bertz CT molecular complexity index is 626. The molecule has 2 amide bonds. The summed E-state index contributed by atoms with van der Waals surface area (Å²) in [5, 5.41) is 19.2. The van der Waals surface area contributed by atoms with Crippen LogP contribution >= 0.6 is 0 Å². The maximum atomic E-state index is 11.8. The molecule has 2 rings (SSSR count). The van der Waals surface area contributed by atoms with Crippen molar-refractivity contribution in [2.24, 2.45) is 7.05 Å². The molecule has 0 aliphatic rings.